The predicted octanol–water partition coefficient (Wildman–Crippen LogP) is 2.17. The molecule has 3 heterocycles. The molecular formula is C13H21N3S. The van der Waals surface area contributed by atoms with Crippen LogP contribution in [0.2, 0.25) is 0 Å². The number of hydrogen-bond acceptors (Lipinski definition) is 4. The Morgan fingerprint density at radius 2 is 1.88 bits per heavy atom. The molecule has 0 spiro atoms. The fourth-order valence-electron chi connectivity index (χ4n) is 3.37. The highest BCUT2D eigenvalue weighted by atomic mass is 32.1. The minimum Gasteiger partial charge on any atom is -0.319 e. The van der Waals surface area contributed by atoms with Crippen molar-refractivity contribution in [3.63, 3.8) is 0 Å². The summed E-state index contributed by atoms with van der Waals surface area (Å²) in [7, 11) is 2.25. The van der Waals surface area contributed by atoms with E-state index in [1.54, 1.807) is 11.3 Å². The van der Waals surface area contributed by atoms with Gasteiger partial charge >= 0.3 is 0 Å². The Balaban J connectivity index is 1.92. The molecule has 1 aromatic heterocycles. The maximum Gasteiger partial charge on any atom is 0.113 e. The zero-order valence-corrected chi connectivity index (χ0v) is 11.7. The van der Waals surface area contributed by atoms with Gasteiger partial charge in [-0.3, -0.25) is 0 Å². The van der Waals surface area contributed by atoms with E-state index in [0.29, 0.717) is 12.1 Å². The van der Waals surface area contributed by atoms with E-state index in [1.807, 2.05) is 0 Å². The van der Waals surface area contributed by atoms with Gasteiger partial charge in [-0.1, -0.05) is 0 Å². The zero-order chi connectivity index (χ0) is 12.2. The molecule has 0 amide bonds. The molecule has 2 saturated heterocycles. The monoisotopic (exact) mass is 251 g/mol. The molecular weight excluding hydrogens is 230 g/mol. The van der Waals surface area contributed by atoms with Crippen LogP contribution in [0, 0.1) is 13.8 Å². The molecule has 0 radical (unpaired) electrons. The Hall–Kier alpha value is -0.450. The molecule has 0 aromatic carbocycles. The van der Waals surface area contributed by atoms with Crippen molar-refractivity contribution in [2.75, 3.05) is 7.05 Å². The fourth-order valence-corrected chi connectivity index (χ4v) is 4.40. The Labute approximate surface area is 107 Å². The maximum atomic E-state index is 6.67. The molecule has 2 N–H and O–H groups in total. The van der Waals surface area contributed by atoms with Crippen LogP contribution in [0.3, 0.4) is 0 Å². The summed E-state index contributed by atoms with van der Waals surface area (Å²) < 4.78 is 0. The Kier molecular flexibility index (Phi) is 2.58. The number of nitrogens with two attached hydrogens (primary N) is 1. The zero-order valence-electron chi connectivity index (χ0n) is 10.9. The van der Waals surface area contributed by atoms with Crippen LogP contribution in [-0.4, -0.2) is 29.0 Å². The normalized spacial score (nSPS) is 37.6. The second-order valence-corrected chi connectivity index (χ2v) is 6.98. The molecule has 2 fully saturated rings. The molecule has 17 heavy (non-hydrogen) atoms. The first kappa shape index (κ1) is 11.6. The van der Waals surface area contributed by atoms with E-state index in [1.165, 1.54) is 17.7 Å². The van der Waals surface area contributed by atoms with Crippen LogP contribution >= 0.6 is 11.3 Å². The van der Waals surface area contributed by atoms with Gasteiger partial charge in [0.25, 0.3) is 0 Å². The molecule has 2 aliphatic heterocycles. The number of aryl methyl sites for hydroxylation is 2. The number of aromatic nitrogens is 1. The van der Waals surface area contributed by atoms with Crippen molar-refractivity contribution < 1.29 is 0 Å². The van der Waals surface area contributed by atoms with E-state index in [2.05, 4.69) is 25.8 Å². The van der Waals surface area contributed by atoms with Crippen molar-refractivity contribution in [3.8, 4) is 0 Å². The van der Waals surface area contributed by atoms with E-state index >= 15 is 0 Å². The third-order valence-electron chi connectivity index (χ3n) is 4.64. The first-order valence-corrected chi connectivity index (χ1v) is 7.26. The van der Waals surface area contributed by atoms with Gasteiger partial charge in [-0.05, 0) is 46.6 Å². The van der Waals surface area contributed by atoms with Gasteiger partial charge < -0.3 is 10.6 Å². The van der Waals surface area contributed by atoms with Crippen molar-refractivity contribution >= 4 is 11.3 Å². The fraction of sp³-hybridized carbons (Fsp3) is 0.769. The summed E-state index contributed by atoms with van der Waals surface area (Å²) in [4.78, 5) is 8.54. The lowest BCUT2D eigenvalue weighted by Gasteiger charge is -2.41. The van der Waals surface area contributed by atoms with E-state index in [4.69, 9.17) is 10.7 Å². The second kappa shape index (κ2) is 3.77. The van der Waals surface area contributed by atoms with Gasteiger partial charge in [-0.2, -0.15) is 0 Å². The largest absolute Gasteiger partial charge is 0.319 e. The third-order valence-corrected chi connectivity index (χ3v) is 5.93. The third kappa shape index (κ3) is 1.74. The SMILES string of the molecule is Cc1nc(C2(N)CC3CCC(C2)N3C)sc1C. The smallest absolute Gasteiger partial charge is 0.113 e. The quantitative estimate of drug-likeness (QED) is 0.832. The van der Waals surface area contributed by atoms with Gasteiger partial charge in [0.2, 0.25) is 0 Å². The first-order valence-electron chi connectivity index (χ1n) is 6.45. The van der Waals surface area contributed by atoms with Gasteiger partial charge in [0, 0.05) is 17.0 Å². The molecule has 0 aliphatic carbocycles. The molecule has 1 aromatic rings. The van der Waals surface area contributed by atoms with Crippen LogP contribution in [0.1, 0.15) is 41.3 Å². The van der Waals surface area contributed by atoms with Crippen molar-refractivity contribution in [1.29, 1.82) is 0 Å². The average Bonchev–Trinajstić information content (AvgIpc) is 2.71. The van der Waals surface area contributed by atoms with Crippen molar-refractivity contribution in [1.82, 2.24) is 9.88 Å². The van der Waals surface area contributed by atoms with Gasteiger partial charge in [0.1, 0.15) is 5.01 Å². The van der Waals surface area contributed by atoms with Crippen LogP contribution in [0.25, 0.3) is 0 Å². The summed E-state index contributed by atoms with van der Waals surface area (Å²) >= 11 is 1.80. The molecule has 94 valence electrons. The Morgan fingerprint density at radius 3 is 2.35 bits per heavy atom. The number of piperidine rings is 1. The summed E-state index contributed by atoms with van der Waals surface area (Å²) in [6.07, 6.45) is 4.77. The number of hydrogen-bond donors (Lipinski definition) is 1. The van der Waals surface area contributed by atoms with Gasteiger partial charge in [-0.15, -0.1) is 11.3 Å². The van der Waals surface area contributed by atoms with E-state index in [9.17, 15) is 0 Å². The van der Waals surface area contributed by atoms with Crippen LogP contribution in [0.4, 0.5) is 0 Å². The van der Waals surface area contributed by atoms with Crippen LogP contribution in [0.15, 0.2) is 0 Å². The molecule has 2 bridgehead atoms. The molecule has 0 saturated carbocycles. The Morgan fingerprint density at radius 1 is 1.29 bits per heavy atom. The standard InChI is InChI=1S/C13H21N3S/c1-8-9(2)17-12(15-8)13(14)6-10-4-5-11(7-13)16(10)3/h10-11H,4-7,14H2,1-3H3. The average molecular weight is 251 g/mol. The van der Waals surface area contributed by atoms with E-state index in [0.717, 1.165) is 23.5 Å². The molecule has 4 heteroatoms. The van der Waals surface area contributed by atoms with Crippen molar-refractivity contribution in [2.45, 2.75) is 57.2 Å². The minimum absolute atomic E-state index is 0.165. The predicted molar refractivity (Wildman–Crippen MR) is 71.3 cm³/mol. The summed E-state index contributed by atoms with van der Waals surface area (Å²) in [5, 5.41) is 1.16. The summed E-state index contributed by atoms with van der Waals surface area (Å²) in [6.45, 7) is 4.23. The highest BCUT2D eigenvalue weighted by Gasteiger charge is 2.47. The topological polar surface area (TPSA) is 42.1 Å². The lowest BCUT2D eigenvalue weighted by molar-refractivity contribution is 0.113. The van der Waals surface area contributed by atoms with Gasteiger partial charge in [-0.25, -0.2) is 4.98 Å². The highest BCUT2D eigenvalue weighted by Crippen LogP contribution is 2.44. The molecule has 3 rings (SSSR count). The summed E-state index contributed by atoms with van der Waals surface area (Å²) in [5.41, 5.74) is 7.66. The van der Waals surface area contributed by atoms with Crippen LogP contribution < -0.4 is 5.73 Å². The van der Waals surface area contributed by atoms with Crippen molar-refractivity contribution in [3.05, 3.63) is 15.6 Å². The molecule has 2 atom stereocenters. The number of thiazole rings is 1. The second-order valence-electron chi connectivity index (χ2n) is 5.78. The number of rotatable bonds is 1. The van der Waals surface area contributed by atoms with Gasteiger partial charge in [0.05, 0.1) is 11.2 Å². The molecule has 2 aliphatic rings. The van der Waals surface area contributed by atoms with Crippen LogP contribution in [0.5, 0.6) is 0 Å². The molecule has 3 nitrogen and oxygen atoms in total. The molecule has 2 unspecified atom stereocenters. The number of nitrogens with zero attached hydrogens (tertiary/aromatic N) is 2. The first-order chi connectivity index (χ1) is 7.99. The highest BCUT2D eigenvalue weighted by molar-refractivity contribution is 7.11. The summed E-state index contributed by atoms with van der Waals surface area (Å²) in [5.74, 6) is 0. The van der Waals surface area contributed by atoms with E-state index in [-0.39, 0.29) is 5.54 Å². The lowest BCUT2D eigenvalue weighted by atomic mass is 9.84. The van der Waals surface area contributed by atoms with Crippen LogP contribution in [-0.2, 0) is 5.54 Å². The Bertz CT molecular complexity index is 406. The lowest BCUT2D eigenvalue weighted by Crippen LogP contribution is -2.52. The summed E-state index contributed by atoms with van der Waals surface area (Å²) in [6, 6.07) is 1.34. The minimum atomic E-state index is -0.165. The van der Waals surface area contributed by atoms with E-state index < -0.39 is 0 Å². The number of fused-ring (bicyclic) bond motifs is 2. The van der Waals surface area contributed by atoms with Gasteiger partial charge in [0.15, 0.2) is 0 Å². The van der Waals surface area contributed by atoms with Crippen molar-refractivity contribution in [2.24, 2.45) is 5.73 Å². The maximum absolute atomic E-state index is 6.67.